The highest BCUT2D eigenvalue weighted by molar-refractivity contribution is 7.62. The van der Waals surface area contributed by atoms with Gasteiger partial charge in [-0.05, 0) is 11.3 Å². The molecule has 0 radical (unpaired) electrons. The van der Waals surface area contributed by atoms with Crippen molar-refractivity contribution in [2.45, 2.75) is 11.3 Å². The van der Waals surface area contributed by atoms with Gasteiger partial charge in [-0.3, -0.25) is 4.79 Å². The molecule has 62 valence electrons. The maximum absolute atomic E-state index is 11.3. The Morgan fingerprint density at radius 2 is 2.25 bits per heavy atom. The number of fused-ring (bicyclic) bond motifs is 1. The van der Waals surface area contributed by atoms with E-state index in [1.807, 2.05) is 0 Å². The van der Waals surface area contributed by atoms with Crippen molar-refractivity contribution in [3.8, 4) is 0 Å². The summed E-state index contributed by atoms with van der Waals surface area (Å²) in [5.74, 6) is 0. The molecule has 0 bridgehead atoms. The summed E-state index contributed by atoms with van der Waals surface area (Å²) < 4.78 is 1.57. The van der Waals surface area contributed by atoms with Crippen molar-refractivity contribution in [3.63, 3.8) is 0 Å². The van der Waals surface area contributed by atoms with E-state index in [0.717, 1.165) is 0 Å². The fourth-order valence-electron chi connectivity index (χ4n) is 0.775. The van der Waals surface area contributed by atoms with Crippen LogP contribution in [0.15, 0.2) is 9.13 Å². The van der Waals surface area contributed by atoms with Crippen LogP contribution in [0.25, 0.3) is 4.96 Å². The smallest absolute Gasteiger partial charge is 0.295 e. The van der Waals surface area contributed by atoms with E-state index in [0.29, 0.717) is 15.0 Å². The lowest BCUT2D eigenvalue weighted by Crippen LogP contribution is -2.19. The largest absolute Gasteiger partial charge is 0.406 e. The van der Waals surface area contributed by atoms with Crippen LogP contribution in [0.3, 0.4) is 0 Å². The lowest BCUT2D eigenvalue weighted by molar-refractivity contribution is 0.803. The summed E-state index contributed by atoms with van der Waals surface area (Å²) in [7, 11) is 0. The second kappa shape index (κ2) is 2.46. The van der Waals surface area contributed by atoms with Crippen LogP contribution in [0.5, 0.6) is 0 Å². The molecule has 0 saturated carbocycles. The van der Waals surface area contributed by atoms with Gasteiger partial charge in [-0.25, -0.2) is 0 Å². The summed E-state index contributed by atoms with van der Waals surface area (Å²) in [5.41, 5.74) is 0.0696. The Bertz CT molecular complexity index is 488. The van der Waals surface area contributed by atoms with Gasteiger partial charge in [0.25, 0.3) is 5.56 Å². The van der Waals surface area contributed by atoms with Crippen molar-refractivity contribution >= 4 is 28.9 Å². The molecule has 0 amide bonds. The molecule has 7 heteroatoms. The fraction of sp³-hybridized carbons (Fsp3) is 0.200. The zero-order chi connectivity index (χ0) is 8.72. The highest BCUT2D eigenvalue weighted by atomic mass is 32.2. The molecule has 0 fully saturated rings. The quantitative estimate of drug-likeness (QED) is 0.548. The van der Waals surface area contributed by atoms with Gasteiger partial charge in [-0.1, -0.05) is 0 Å². The highest BCUT2D eigenvalue weighted by Crippen LogP contribution is 2.07. The van der Waals surface area contributed by atoms with E-state index in [4.69, 9.17) is 12.6 Å². The second-order valence-corrected chi connectivity index (χ2v) is 3.75. The lowest BCUT2D eigenvalue weighted by Gasteiger charge is -1.91. The Balaban J connectivity index is 2.99. The predicted molar refractivity (Wildman–Crippen MR) is 45.3 cm³/mol. The number of aromatic nitrogens is 4. The minimum Gasteiger partial charge on any atom is -0.406 e. The maximum Gasteiger partial charge on any atom is 0.295 e. The van der Waals surface area contributed by atoms with Crippen LogP contribution in [0.2, 0.25) is 0 Å². The number of aryl methyl sites for hydroxylation is 1. The zero-order valence-electron chi connectivity index (χ0n) is 6.01. The van der Waals surface area contributed by atoms with Gasteiger partial charge in [0.1, 0.15) is 10.7 Å². The minimum absolute atomic E-state index is 0.257. The minimum atomic E-state index is -0.257. The number of hydrogen-bond donors (Lipinski definition) is 0. The van der Waals surface area contributed by atoms with Gasteiger partial charge < -0.3 is 24.0 Å². The molecule has 0 unspecified atom stereocenters. The summed E-state index contributed by atoms with van der Waals surface area (Å²) in [6.45, 7) is 1.59. The lowest BCUT2D eigenvalue weighted by atomic mass is 10.5. The second-order valence-electron chi connectivity index (χ2n) is 2.15. The van der Waals surface area contributed by atoms with Gasteiger partial charge in [-0.2, -0.15) is 9.61 Å². The van der Waals surface area contributed by atoms with E-state index in [1.54, 1.807) is 6.92 Å². The summed E-state index contributed by atoms with van der Waals surface area (Å²) in [4.78, 5) is 11.7. The van der Waals surface area contributed by atoms with E-state index in [1.165, 1.54) is 15.9 Å². The molecule has 2 aromatic heterocycles. The molecular formula is C5H3N4OS2-. The Morgan fingerprint density at radius 3 is 3.00 bits per heavy atom. The van der Waals surface area contributed by atoms with Crippen molar-refractivity contribution in [2.75, 3.05) is 0 Å². The molecule has 5 nitrogen and oxygen atoms in total. The molecule has 2 aromatic rings. The topological polar surface area (TPSA) is 60.1 Å². The van der Waals surface area contributed by atoms with Crippen LogP contribution < -0.4 is 5.56 Å². The first-order valence-electron chi connectivity index (χ1n) is 3.08. The van der Waals surface area contributed by atoms with Crippen molar-refractivity contribution in [1.29, 1.82) is 0 Å². The maximum atomic E-state index is 11.3. The van der Waals surface area contributed by atoms with E-state index < -0.39 is 0 Å². The van der Waals surface area contributed by atoms with Gasteiger partial charge in [0.05, 0.1) is 0 Å². The van der Waals surface area contributed by atoms with Crippen molar-refractivity contribution in [1.82, 2.24) is 19.8 Å². The van der Waals surface area contributed by atoms with Crippen molar-refractivity contribution < 1.29 is 0 Å². The Labute approximate surface area is 76.5 Å². The van der Waals surface area contributed by atoms with Crippen LogP contribution in [-0.2, 0) is 12.6 Å². The average molecular weight is 199 g/mol. The van der Waals surface area contributed by atoms with Crippen LogP contribution in [-0.4, -0.2) is 19.8 Å². The standard InChI is InChI=1S/C5H4N4OS2/c1-2-3(10)9-4(7-6-2)12-5(11)8-9/h1H3,(H,8,11)/p-1. The first-order valence-corrected chi connectivity index (χ1v) is 4.31. The van der Waals surface area contributed by atoms with Crippen LogP contribution in [0.1, 0.15) is 5.69 Å². The normalized spacial score (nSPS) is 10.8. The molecule has 0 aliphatic heterocycles. The molecule has 0 aliphatic rings. The van der Waals surface area contributed by atoms with Gasteiger partial charge in [-0.15, -0.1) is 10.2 Å². The Hall–Kier alpha value is -1.08. The predicted octanol–water partition coefficient (Wildman–Crippen LogP) is -0.240. The molecule has 12 heavy (non-hydrogen) atoms. The van der Waals surface area contributed by atoms with Gasteiger partial charge in [0, 0.05) is 0 Å². The summed E-state index contributed by atoms with van der Waals surface area (Å²) in [6, 6.07) is 0. The number of rotatable bonds is 0. The molecule has 0 aliphatic carbocycles. The van der Waals surface area contributed by atoms with E-state index >= 15 is 0 Å². The van der Waals surface area contributed by atoms with Gasteiger partial charge in [0.2, 0.25) is 0 Å². The van der Waals surface area contributed by atoms with Gasteiger partial charge >= 0.3 is 0 Å². The first-order chi connectivity index (χ1) is 5.68. The summed E-state index contributed by atoms with van der Waals surface area (Å²) in [5, 5.41) is 11.2. The molecule has 0 N–H and O–H groups in total. The molecule has 0 aromatic carbocycles. The van der Waals surface area contributed by atoms with Crippen LogP contribution in [0.4, 0.5) is 0 Å². The molecule has 2 rings (SSSR count). The van der Waals surface area contributed by atoms with E-state index in [9.17, 15) is 4.79 Å². The van der Waals surface area contributed by atoms with Gasteiger partial charge in [0.15, 0.2) is 0 Å². The number of hydrogen-bond acceptors (Lipinski definition) is 6. The molecule has 0 saturated heterocycles. The Morgan fingerprint density at radius 1 is 1.50 bits per heavy atom. The Kier molecular flexibility index (Phi) is 1.55. The SMILES string of the molecule is Cc1nnc2sc([S-])nn2c1=O. The monoisotopic (exact) mass is 199 g/mol. The van der Waals surface area contributed by atoms with E-state index in [2.05, 4.69) is 15.3 Å². The third-order valence-corrected chi connectivity index (χ3v) is 2.35. The molecule has 2 heterocycles. The number of nitrogens with zero attached hydrogens (tertiary/aromatic N) is 4. The molecule has 0 spiro atoms. The first kappa shape index (κ1) is 7.56. The summed E-state index contributed by atoms with van der Waals surface area (Å²) in [6.07, 6.45) is 0. The van der Waals surface area contributed by atoms with Crippen LogP contribution >= 0.6 is 11.3 Å². The summed E-state index contributed by atoms with van der Waals surface area (Å²) >= 11 is 5.96. The zero-order valence-corrected chi connectivity index (χ0v) is 7.65. The van der Waals surface area contributed by atoms with Crippen molar-refractivity contribution in [2.24, 2.45) is 0 Å². The molecule has 0 atom stereocenters. The third-order valence-electron chi connectivity index (χ3n) is 1.33. The molecular weight excluding hydrogens is 196 g/mol. The third kappa shape index (κ3) is 0.978. The average Bonchev–Trinajstić information content (AvgIpc) is 2.39. The van der Waals surface area contributed by atoms with E-state index in [-0.39, 0.29) is 5.56 Å². The highest BCUT2D eigenvalue weighted by Gasteiger charge is 2.00. The van der Waals surface area contributed by atoms with Crippen molar-refractivity contribution in [3.05, 3.63) is 16.0 Å². The van der Waals surface area contributed by atoms with Crippen LogP contribution in [0, 0.1) is 6.92 Å². The fourth-order valence-corrected chi connectivity index (χ4v) is 1.65.